The van der Waals surface area contributed by atoms with Crippen LogP contribution in [0.15, 0.2) is 48.5 Å². The van der Waals surface area contributed by atoms with Crippen molar-refractivity contribution in [3.63, 3.8) is 0 Å². The number of rotatable bonds is 8. The van der Waals surface area contributed by atoms with Gasteiger partial charge in [0.1, 0.15) is 5.75 Å². The first-order valence-corrected chi connectivity index (χ1v) is 10.7. The first-order chi connectivity index (χ1) is 15.0. The fourth-order valence-electron chi connectivity index (χ4n) is 3.73. The number of anilines is 2. The third-order valence-electron chi connectivity index (χ3n) is 5.63. The zero-order chi connectivity index (χ0) is 22.2. The van der Waals surface area contributed by atoms with E-state index in [2.05, 4.69) is 28.1 Å². The second-order valence-electron chi connectivity index (χ2n) is 7.77. The molecule has 1 N–H and O–H groups in total. The van der Waals surface area contributed by atoms with Crippen molar-refractivity contribution in [1.29, 1.82) is 0 Å². The molecule has 0 unspecified atom stereocenters. The van der Waals surface area contributed by atoms with Crippen LogP contribution >= 0.6 is 0 Å². The van der Waals surface area contributed by atoms with Crippen LogP contribution in [0.5, 0.6) is 5.75 Å². The van der Waals surface area contributed by atoms with Gasteiger partial charge in [-0.1, -0.05) is 31.2 Å². The van der Waals surface area contributed by atoms with Crippen LogP contribution in [0.4, 0.5) is 11.4 Å². The highest BCUT2D eigenvalue weighted by Crippen LogP contribution is 2.22. The number of methoxy groups -OCH3 is 1. The highest BCUT2D eigenvalue weighted by molar-refractivity contribution is 5.95. The molecule has 2 amide bonds. The normalized spacial score (nSPS) is 14.2. The Morgan fingerprint density at radius 1 is 1.06 bits per heavy atom. The van der Waals surface area contributed by atoms with Gasteiger partial charge in [-0.15, -0.1) is 0 Å². The first-order valence-electron chi connectivity index (χ1n) is 10.7. The van der Waals surface area contributed by atoms with Gasteiger partial charge >= 0.3 is 0 Å². The number of hydrogen-bond acceptors (Lipinski definition) is 5. The molecule has 0 spiro atoms. The Morgan fingerprint density at radius 2 is 1.81 bits per heavy atom. The van der Waals surface area contributed by atoms with Crippen LogP contribution in [0.2, 0.25) is 0 Å². The van der Waals surface area contributed by atoms with Crippen molar-refractivity contribution in [3.8, 4) is 5.75 Å². The number of piperazine rings is 1. The van der Waals surface area contributed by atoms with Crippen molar-refractivity contribution in [1.82, 2.24) is 9.80 Å². The topological polar surface area (TPSA) is 65.1 Å². The van der Waals surface area contributed by atoms with Crippen LogP contribution in [0.1, 0.15) is 12.5 Å². The minimum atomic E-state index is -0.181. The zero-order valence-electron chi connectivity index (χ0n) is 18.6. The molecule has 0 bridgehead atoms. The van der Waals surface area contributed by atoms with Crippen molar-refractivity contribution < 1.29 is 14.3 Å². The van der Waals surface area contributed by atoms with Gasteiger partial charge in [0, 0.05) is 50.7 Å². The van der Waals surface area contributed by atoms with Crippen LogP contribution < -0.4 is 15.0 Å². The third kappa shape index (κ3) is 6.21. The standard InChI is InChI=1S/C24H32N4O3/c1-4-19-8-5-6-11-22(19)25-23(29)17-26(2)24(30)18-27-12-14-28(15-13-27)20-9-7-10-21(16-20)31-3/h5-11,16H,4,12-15,17-18H2,1-3H3,(H,25,29). The molecular formula is C24H32N4O3. The maximum Gasteiger partial charge on any atom is 0.243 e. The van der Waals surface area contributed by atoms with E-state index in [0.717, 1.165) is 55.3 Å². The molecule has 0 radical (unpaired) electrons. The first kappa shape index (κ1) is 22.6. The molecule has 0 aliphatic carbocycles. The molecule has 7 nitrogen and oxygen atoms in total. The molecule has 0 aromatic heterocycles. The summed E-state index contributed by atoms with van der Waals surface area (Å²) >= 11 is 0. The number of nitrogens with zero attached hydrogens (tertiary/aromatic N) is 3. The van der Waals surface area contributed by atoms with Crippen molar-refractivity contribution in [2.45, 2.75) is 13.3 Å². The van der Waals surface area contributed by atoms with Gasteiger partial charge in [0.2, 0.25) is 11.8 Å². The summed E-state index contributed by atoms with van der Waals surface area (Å²) in [6.45, 7) is 5.70. The van der Waals surface area contributed by atoms with Crippen LogP contribution in [0.3, 0.4) is 0 Å². The van der Waals surface area contributed by atoms with Gasteiger partial charge in [-0.3, -0.25) is 14.5 Å². The summed E-state index contributed by atoms with van der Waals surface area (Å²) < 4.78 is 5.31. The minimum absolute atomic E-state index is 0.0423. The predicted molar refractivity (Wildman–Crippen MR) is 124 cm³/mol. The Hall–Kier alpha value is -3.06. The number of benzene rings is 2. The second-order valence-corrected chi connectivity index (χ2v) is 7.77. The van der Waals surface area contributed by atoms with Crippen molar-refractivity contribution in [2.24, 2.45) is 0 Å². The van der Waals surface area contributed by atoms with Gasteiger partial charge in [-0.2, -0.15) is 0 Å². The van der Waals surface area contributed by atoms with Crippen molar-refractivity contribution >= 4 is 23.2 Å². The van der Waals surface area contributed by atoms with Crippen LogP contribution in [-0.4, -0.2) is 75.0 Å². The van der Waals surface area contributed by atoms with Gasteiger partial charge in [-0.25, -0.2) is 0 Å². The van der Waals surface area contributed by atoms with E-state index < -0.39 is 0 Å². The Bertz CT molecular complexity index is 894. The quantitative estimate of drug-likeness (QED) is 0.705. The number of amides is 2. The van der Waals surface area contributed by atoms with Gasteiger partial charge in [0.05, 0.1) is 20.2 Å². The number of carbonyl (C=O) groups is 2. The molecule has 1 saturated heterocycles. The molecule has 166 valence electrons. The van der Waals surface area contributed by atoms with E-state index in [0.29, 0.717) is 6.54 Å². The Labute approximate surface area is 184 Å². The number of aryl methyl sites for hydroxylation is 1. The fourth-order valence-corrected chi connectivity index (χ4v) is 3.73. The number of para-hydroxylation sites is 1. The minimum Gasteiger partial charge on any atom is -0.497 e. The summed E-state index contributed by atoms with van der Waals surface area (Å²) in [6, 6.07) is 15.8. The maximum atomic E-state index is 12.6. The van der Waals surface area contributed by atoms with E-state index in [1.807, 2.05) is 42.5 Å². The molecular weight excluding hydrogens is 392 g/mol. The molecule has 1 aliphatic heterocycles. The summed E-state index contributed by atoms with van der Waals surface area (Å²) in [5.74, 6) is 0.616. The highest BCUT2D eigenvalue weighted by atomic mass is 16.5. The smallest absolute Gasteiger partial charge is 0.243 e. The van der Waals surface area contributed by atoms with Crippen LogP contribution in [0, 0.1) is 0 Å². The predicted octanol–water partition coefficient (Wildman–Crippen LogP) is 2.48. The van der Waals surface area contributed by atoms with Crippen LogP contribution in [-0.2, 0) is 16.0 Å². The molecule has 2 aromatic carbocycles. The number of nitrogens with one attached hydrogen (secondary N) is 1. The molecule has 2 aromatic rings. The molecule has 0 atom stereocenters. The van der Waals surface area contributed by atoms with Crippen molar-refractivity contribution in [3.05, 3.63) is 54.1 Å². The summed E-state index contributed by atoms with van der Waals surface area (Å²) in [5, 5.41) is 2.92. The number of likely N-dealkylation sites (N-methyl/N-ethyl adjacent to an activating group) is 1. The summed E-state index contributed by atoms with van der Waals surface area (Å²) in [4.78, 5) is 31.0. The molecule has 1 aliphatic rings. The van der Waals surface area contributed by atoms with E-state index in [1.54, 1.807) is 14.2 Å². The van der Waals surface area contributed by atoms with Crippen LogP contribution in [0.25, 0.3) is 0 Å². The summed E-state index contributed by atoms with van der Waals surface area (Å²) in [6.07, 6.45) is 0.840. The fraction of sp³-hybridized carbons (Fsp3) is 0.417. The summed E-state index contributed by atoms with van der Waals surface area (Å²) in [5.41, 5.74) is 3.02. The lowest BCUT2D eigenvalue weighted by molar-refractivity contribution is -0.134. The van der Waals surface area contributed by atoms with Gasteiger partial charge in [0.25, 0.3) is 0 Å². The van der Waals surface area contributed by atoms with Gasteiger partial charge in [-0.05, 0) is 30.2 Å². The molecule has 3 rings (SSSR count). The van der Waals surface area contributed by atoms with Gasteiger partial charge in [0.15, 0.2) is 0 Å². The number of carbonyl (C=O) groups excluding carboxylic acids is 2. The van der Waals surface area contributed by atoms with E-state index in [-0.39, 0.29) is 18.4 Å². The maximum absolute atomic E-state index is 12.6. The Morgan fingerprint density at radius 3 is 2.52 bits per heavy atom. The highest BCUT2D eigenvalue weighted by Gasteiger charge is 2.22. The molecule has 1 heterocycles. The summed E-state index contributed by atoms with van der Waals surface area (Å²) in [7, 11) is 3.35. The monoisotopic (exact) mass is 424 g/mol. The average molecular weight is 425 g/mol. The Kier molecular flexibility index (Phi) is 7.89. The van der Waals surface area contributed by atoms with E-state index >= 15 is 0 Å². The number of ether oxygens (including phenoxy) is 1. The number of hydrogen-bond donors (Lipinski definition) is 1. The van der Waals surface area contributed by atoms with E-state index in [9.17, 15) is 9.59 Å². The SMILES string of the molecule is CCc1ccccc1NC(=O)CN(C)C(=O)CN1CCN(c2cccc(OC)c2)CC1. The molecule has 31 heavy (non-hydrogen) atoms. The zero-order valence-corrected chi connectivity index (χ0v) is 18.6. The van der Waals surface area contributed by atoms with E-state index in [4.69, 9.17) is 4.74 Å². The molecule has 1 fully saturated rings. The molecule has 0 saturated carbocycles. The third-order valence-corrected chi connectivity index (χ3v) is 5.63. The average Bonchev–Trinajstić information content (AvgIpc) is 2.79. The molecule has 7 heteroatoms. The van der Waals surface area contributed by atoms with Crippen molar-refractivity contribution in [2.75, 3.05) is 63.6 Å². The van der Waals surface area contributed by atoms with E-state index in [1.165, 1.54) is 4.90 Å². The largest absolute Gasteiger partial charge is 0.497 e. The lowest BCUT2D eigenvalue weighted by Gasteiger charge is -2.36. The lowest BCUT2D eigenvalue weighted by atomic mass is 10.1. The van der Waals surface area contributed by atoms with Gasteiger partial charge < -0.3 is 19.9 Å². The second kappa shape index (κ2) is 10.8. The Balaban J connectivity index is 1.45. The lowest BCUT2D eigenvalue weighted by Crippen LogP contribution is -2.50.